The van der Waals surface area contributed by atoms with Crippen LogP contribution in [0.25, 0.3) is 11.3 Å². The second-order valence-electron chi connectivity index (χ2n) is 6.21. The summed E-state index contributed by atoms with van der Waals surface area (Å²) in [5, 5.41) is 9.62. The fourth-order valence-corrected chi connectivity index (χ4v) is 4.01. The molecule has 0 radical (unpaired) electrons. The zero-order valence-corrected chi connectivity index (χ0v) is 15.0. The van der Waals surface area contributed by atoms with Crippen molar-refractivity contribution in [2.45, 2.75) is 39.2 Å². The molecule has 1 aromatic carbocycles. The molecular formula is C19H20N4OS. The Balaban J connectivity index is 1.53. The van der Waals surface area contributed by atoms with E-state index in [4.69, 9.17) is 0 Å². The number of nitrogens with one attached hydrogen (secondary N) is 1. The van der Waals surface area contributed by atoms with Crippen LogP contribution >= 0.6 is 11.3 Å². The maximum Gasteiger partial charge on any atom is 0.275 e. The topological polar surface area (TPSA) is 59.8 Å². The van der Waals surface area contributed by atoms with Gasteiger partial charge in [0.1, 0.15) is 5.69 Å². The van der Waals surface area contributed by atoms with Crippen molar-refractivity contribution in [2.75, 3.05) is 5.32 Å². The third-order valence-electron chi connectivity index (χ3n) is 4.62. The van der Waals surface area contributed by atoms with Crippen LogP contribution < -0.4 is 5.32 Å². The van der Waals surface area contributed by atoms with Crippen molar-refractivity contribution >= 4 is 22.4 Å². The molecule has 0 saturated carbocycles. The summed E-state index contributed by atoms with van der Waals surface area (Å²) < 4.78 is 1.67. The number of rotatable bonds is 4. The van der Waals surface area contributed by atoms with E-state index >= 15 is 0 Å². The summed E-state index contributed by atoms with van der Waals surface area (Å²) in [4.78, 5) is 17.0. The van der Waals surface area contributed by atoms with Crippen LogP contribution in [0, 0.1) is 0 Å². The SMILES string of the molecule is CCn1nccc1C(=O)Nc1nc(-c2ccc3c(c2)CCCC3)cs1. The van der Waals surface area contributed by atoms with Crippen LogP contribution in [0.5, 0.6) is 0 Å². The fourth-order valence-electron chi connectivity index (χ4n) is 3.30. The molecule has 6 heteroatoms. The van der Waals surface area contributed by atoms with Gasteiger partial charge in [-0.25, -0.2) is 4.98 Å². The van der Waals surface area contributed by atoms with E-state index in [1.54, 1.807) is 16.9 Å². The average Bonchev–Trinajstić information content (AvgIpc) is 3.30. The molecule has 1 amide bonds. The van der Waals surface area contributed by atoms with E-state index in [1.165, 1.54) is 41.7 Å². The van der Waals surface area contributed by atoms with Crippen molar-refractivity contribution in [3.63, 3.8) is 0 Å². The molecule has 0 unspecified atom stereocenters. The van der Waals surface area contributed by atoms with E-state index in [0.717, 1.165) is 17.7 Å². The highest BCUT2D eigenvalue weighted by Gasteiger charge is 2.15. The van der Waals surface area contributed by atoms with Crippen LogP contribution in [0.4, 0.5) is 5.13 Å². The van der Waals surface area contributed by atoms with Crippen molar-refractivity contribution in [1.29, 1.82) is 0 Å². The molecule has 128 valence electrons. The first-order valence-electron chi connectivity index (χ1n) is 8.65. The molecule has 1 N–H and O–H groups in total. The molecule has 0 spiro atoms. The summed E-state index contributed by atoms with van der Waals surface area (Å²) in [6, 6.07) is 8.33. The molecule has 5 nitrogen and oxygen atoms in total. The first-order valence-corrected chi connectivity index (χ1v) is 9.53. The minimum Gasteiger partial charge on any atom is -0.296 e. The molecule has 0 aliphatic heterocycles. The van der Waals surface area contributed by atoms with E-state index < -0.39 is 0 Å². The van der Waals surface area contributed by atoms with Gasteiger partial charge in [-0.3, -0.25) is 14.8 Å². The average molecular weight is 352 g/mol. The molecule has 1 aliphatic rings. The Morgan fingerprint density at radius 3 is 2.92 bits per heavy atom. The van der Waals surface area contributed by atoms with Crippen molar-refractivity contribution in [3.8, 4) is 11.3 Å². The number of carbonyl (C=O) groups is 1. The van der Waals surface area contributed by atoms with Gasteiger partial charge in [0, 0.05) is 23.7 Å². The fraction of sp³-hybridized carbons (Fsp3) is 0.316. The normalized spacial score (nSPS) is 13.5. The van der Waals surface area contributed by atoms with Gasteiger partial charge in [-0.05, 0) is 55.9 Å². The van der Waals surface area contributed by atoms with Crippen LogP contribution in [0.3, 0.4) is 0 Å². The molecule has 0 fully saturated rings. The first-order chi connectivity index (χ1) is 12.2. The second-order valence-corrected chi connectivity index (χ2v) is 7.07. The van der Waals surface area contributed by atoms with Crippen LogP contribution in [-0.4, -0.2) is 20.7 Å². The molecular weight excluding hydrogens is 332 g/mol. The highest BCUT2D eigenvalue weighted by Crippen LogP contribution is 2.29. The van der Waals surface area contributed by atoms with Crippen LogP contribution in [0.1, 0.15) is 41.4 Å². The predicted octanol–water partition coefficient (Wildman–Crippen LogP) is 4.16. The van der Waals surface area contributed by atoms with E-state index in [-0.39, 0.29) is 5.91 Å². The van der Waals surface area contributed by atoms with Crippen molar-refractivity contribution < 1.29 is 4.79 Å². The Morgan fingerprint density at radius 2 is 2.08 bits per heavy atom. The number of fused-ring (bicyclic) bond motifs is 1. The number of hydrogen-bond acceptors (Lipinski definition) is 4. The highest BCUT2D eigenvalue weighted by molar-refractivity contribution is 7.14. The lowest BCUT2D eigenvalue weighted by molar-refractivity contribution is 0.101. The summed E-state index contributed by atoms with van der Waals surface area (Å²) >= 11 is 1.45. The summed E-state index contributed by atoms with van der Waals surface area (Å²) in [7, 11) is 0. The van der Waals surface area contributed by atoms with Crippen molar-refractivity contribution in [1.82, 2.24) is 14.8 Å². The van der Waals surface area contributed by atoms with Crippen molar-refractivity contribution in [3.05, 3.63) is 52.7 Å². The Bertz CT molecular complexity index is 912. The number of thiazole rings is 1. The smallest absolute Gasteiger partial charge is 0.275 e. The Kier molecular flexibility index (Phi) is 4.36. The van der Waals surface area contributed by atoms with E-state index in [0.29, 0.717) is 17.4 Å². The first kappa shape index (κ1) is 16.0. The molecule has 4 rings (SSSR count). The van der Waals surface area contributed by atoms with E-state index in [2.05, 4.69) is 33.6 Å². The molecule has 2 heterocycles. The summed E-state index contributed by atoms with van der Waals surface area (Å²) in [5.74, 6) is -0.175. The predicted molar refractivity (Wildman–Crippen MR) is 100 cm³/mol. The number of amides is 1. The van der Waals surface area contributed by atoms with Crippen LogP contribution in [-0.2, 0) is 19.4 Å². The van der Waals surface area contributed by atoms with Gasteiger partial charge in [0.2, 0.25) is 0 Å². The molecule has 1 aliphatic carbocycles. The van der Waals surface area contributed by atoms with Gasteiger partial charge in [-0.1, -0.05) is 12.1 Å². The van der Waals surface area contributed by atoms with Crippen LogP contribution in [0.2, 0.25) is 0 Å². The lowest BCUT2D eigenvalue weighted by Crippen LogP contribution is -2.17. The van der Waals surface area contributed by atoms with Gasteiger partial charge < -0.3 is 0 Å². The maximum absolute atomic E-state index is 12.4. The zero-order chi connectivity index (χ0) is 17.2. The molecule has 2 aromatic heterocycles. The number of carbonyl (C=O) groups excluding carboxylic acids is 1. The number of nitrogens with zero attached hydrogens (tertiary/aromatic N) is 3. The monoisotopic (exact) mass is 352 g/mol. The van der Waals surface area contributed by atoms with Gasteiger partial charge in [-0.2, -0.15) is 5.10 Å². The van der Waals surface area contributed by atoms with Gasteiger partial charge in [0.15, 0.2) is 5.13 Å². The summed E-state index contributed by atoms with van der Waals surface area (Å²) in [6.45, 7) is 2.62. The largest absolute Gasteiger partial charge is 0.296 e. The Morgan fingerprint density at radius 1 is 1.24 bits per heavy atom. The number of aromatic nitrogens is 3. The molecule has 3 aromatic rings. The number of hydrogen-bond donors (Lipinski definition) is 1. The zero-order valence-electron chi connectivity index (χ0n) is 14.2. The summed E-state index contributed by atoms with van der Waals surface area (Å²) in [6.07, 6.45) is 6.52. The van der Waals surface area contributed by atoms with Gasteiger partial charge in [-0.15, -0.1) is 11.3 Å². The standard InChI is InChI=1S/C19H20N4OS/c1-2-23-17(9-10-20-23)18(24)22-19-21-16(12-25-19)15-8-7-13-5-3-4-6-14(13)11-15/h7-12H,2-6H2,1H3,(H,21,22,24). The van der Waals surface area contributed by atoms with E-state index in [9.17, 15) is 4.79 Å². The lowest BCUT2D eigenvalue weighted by atomic mass is 9.90. The summed E-state index contributed by atoms with van der Waals surface area (Å²) in [5.41, 5.74) is 5.49. The third-order valence-corrected chi connectivity index (χ3v) is 5.38. The maximum atomic E-state index is 12.4. The highest BCUT2D eigenvalue weighted by atomic mass is 32.1. The Hall–Kier alpha value is -2.47. The minimum atomic E-state index is -0.175. The lowest BCUT2D eigenvalue weighted by Gasteiger charge is -2.16. The Labute approximate surface area is 150 Å². The van der Waals surface area contributed by atoms with Crippen molar-refractivity contribution in [2.24, 2.45) is 0 Å². The van der Waals surface area contributed by atoms with Gasteiger partial charge in [0.05, 0.1) is 5.69 Å². The molecule has 0 saturated heterocycles. The van der Waals surface area contributed by atoms with Gasteiger partial charge in [0.25, 0.3) is 5.91 Å². The molecule has 0 bridgehead atoms. The number of anilines is 1. The van der Waals surface area contributed by atoms with Crippen LogP contribution in [0.15, 0.2) is 35.8 Å². The van der Waals surface area contributed by atoms with Gasteiger partial charge >= 0.3 is 0 Å². The quantitative estimate of drug-likeness (QED) is 0.767. The molecule has 0 atom stereocenters. The number of benzene rings is 1. The third kappa shape index (κ3) is 3.22. The molecule has 25 heavy (non-hydrogen) atoms. The number of aryl methyl sites for hydroxylation is 3. The minimum absolute atomic E-state index is 0.175. The van der Waals surface area contributed by atoms with E-state index in [1.807, 2.05) is 12.3 Å². The second kappa shape index (κ2) is 6.80.